The molecule has 0 radical (unpaired) electrons. The molecule has 0 atom stereocenters. The summed E-state index contributed by atoms with van der Waals surface area (Å²) in [6.45, 7) is 11.6. The van der Waals surface area contributed by atoms with Gasteiger partial charge < -0.3 is 4.90 Å². The van der Waals surface area contributed by atoms with Crippen LogP contribution in [0.25, 0.3) is 66.7 Å². The summed E-state index contributed by atoms with van der Waals surface area (Å²) in [5.74, 6) is 0. The zero-order chi connectivity index (χ0) is 59.8. The normalized spacial score (nSPS) is 13.4. The second-order valence-electron chi connectivity index (χ2n) is 26.2. The third-order valence-corrected chi connectivity index (χ3v) is 20.8. The van der Waals surface area contributed by atoms with Crippen LogP contribution in [0.4, 0.5) is 17.1 Å². The number of rotatable bonds is 34. The highest BCUT2D eigenvalue weighted by Crippen LogP contribution is 2.58. The lowest BCUT2D eigenvalue weighted by Gasteiger charge is -2.33. The van der Waals surface area contributed by atoms with Gasteiger partial charge in [-0.05, 0) is 154 Å². The zero-order valence-corrected chi connectivity index (χ0v) is 54.5. The topological polar surface area (TPSA) is 29.0 Å². The van der Waals surface area contributed by atoms with Gasteiger partial charge in [0.25, 0.3) is 0 Å². The first kappa shape index (κ1) is 62.0. The van der Waals surface area contributed by atoms with Gasteiger partial charge in [-0.1, -0.05) is 303 Å². The fourth-order valence-corrected chi connectivity index (χ4v) is 16.1. The molecular weight excluding hydrogens is 1070 g/mol. The summed E-state index contributed by atoms with van der Waals surface area (Å²) in [4.78, 5) is 2.36. The molecule has 11 rings (SSSR count). The van der Waals surface area contributed by atoms with Crippen molar-refractivity contribution in [2.75, 3.05) is 4.90 Å². The summed E-state index contributed by atoms with van der Waals surface area (Å²) in [5.41, 5.74) is 26.2. The summed E-state index contributed by atoms with van der Waals surface area (Å²) in [5, 5.41) is 0. The third kappa shape index (κ3) is 13.7. The molecule has 2 aliphatic carbocycles. The molecule has 8 aromatic carbocycles. The van der Waals surface area contributed by atoms with Gasteiger partial charge in [-0.2, -0.15) is 8.75 Å². The molecule has 87 heavy (non-hydrogen) atoms. The Hall–Kier alpha value is -6.62. The number of hydrogen-bond acceptors (Lipinski definition) is 4. The van der Waals surface area contributed by atoms with E-state index in [0.717, 1.165) is 40.9 Å². The van der Waals surface area contributed by atoms with Crippen molar-refractivity contribution in [3.8, 4) is 55.6 Å². The molecule has 0 saturated carbocycles. The molecule has 0 aliphatic heterocycles. The van der Waals surface area contributed by atoms with Gasteiger partial charge in [0, 0.05) is 39.0 Å². The highest BCUT2D eigenvalue weighted by Gasteiger charge is 2.44. The second-order valence-corrected chi connectivity index (χ2v) is 26.8. The van der Waals surface area contributed by atoms with Crippen LogP contribution in [0.2, 0.25) is 0 Å². The van der Waals surface area contributed by atoms with Gasteiger partial charge in [0.1, 0.15) is 11.0 Å². The van der Waals surface area contributed by atoms with Crippen LogP contribution in [0.1, 0.15) is 235 Å². The number of nitrogens with zero attached hydrogens (tertiary/aromatic N) is 3. The van der Waals surface area contributed by atoms with Crippen molar-refractivity contribution in [3.63, 3.8) is 0 Å². The SMILES string of the molecule is CCCCCCCCC1(CCCCCCCC)c2cc(C)ccc2-c2ccc(-c3ccc(-c4ccc5c(c4)C(CCCCCCCC)(CCCCCCCC)c4cc(-c6ccc(N(c7ccccc7)c7ccccc7)cc6)ccc4-5)c4nsnc34)cc21. The van der Waals surface area contributed by atoms with Gasteiger partial charge in [0.05, 0.1) is 11.7 Å². The third-order valence-electron chi connectivity index (χ3n) is 20.2. The largest absolute Gasteiger partial charge is 0.311 e. The van der Waals surface area contributed by atoms with Crippen molar-refractivity contribution < 1.29 is 0 Å². The fraction of sp³-hybridized carbons (Fsp3) is 0.422. The molecule has 3 nitrogen and oxygen atoms in total. The Balaban J connectivity index is 0.965. The van der Waals surface area contributed by atoms with E-state index in [4.69, 9.17) is 8.75 Å². The van der Waals surface area contributed by atoms with E-state index in [1.807, 2.05) is 0 Å². The summed E-state index contributed by atoms with van der Waals surface area (Å²) < 4.78 is 10.5. The predicted octanol–water partition coefficient (Wildman–Crippen LogP) is 26.0. The molecule has 452 valence electrons. The van der Waals surface area contributed by atoms with Crippen molar-refractivity contribution >= 4 is 39.8 Å². The molecular formula is C83H99N3S. The Labute approximate surface area is 528 Å². The monoisotopic (exact) mass is 1170 g/mol. The summed E-state index contributed by atoms with van der Waals surface area (Å²) >= 11 is 1.38. The maximum absolute atomic E-state index is 5.23. The van der Waals surface area contributed by atoms with Gasteiger partial charge in [-0.15, -0.1) is 0 Å². The first-order valence-electron chi connectivity index (χ1n) is 34.7. The molecule has 0 fully saturated rings. The van der Waals surface area contributed by atoms with Crippen LogP contribution in [0.15, 0.2) is 170 Å². The Bertz CT molecular complexity index is 3560. The van der Waals surface area contributed by atoms with Crippen molar-refractivity contribution in [2.24, 2.45) is 0 Å². The molecule has 0 saturated heterocycles. The average molecular weight is 1170 g/mol. The number of benzene rings is 8. The van der Waals surface area contributed by atoms with E-state index in [2.05, 4.69) is 209 Å². The van der Waals surface area contributed by atoms with Gasteiger partial charge in [0.2, 0.25) is 0 Å². The maximum Gasteiger partial charge on any atom is 0.113 e. The van der Waals surface area contributed by atoms with Crippen LogP contribution in [-0.2, 0) is 10.8 Å². The van der Waals surface area contributed by atoms with Crippen molar-refractivity contribution in [2.45, 2.75) is 225 Å². The first-order valence-corrected chi connectivity index (χ1v) is 35.5. The van der Waals surface area contributed by atoms with E-state index < -0.39 is 0 Å². The minimum Gasteiger partial charge on any atom is -0.311 e. The number of fused-ring (bicyclic) bond motifs is 7. The van der Waals surface area contributed by atoms with Crippen LogP contribution in [0.5, 0.6) is 0 Å². The number of para-hydroxylation sites is 2. The van der Waals surface area contributed by atoms with Gasteiger partial charge in [0.15, 0.2) is 0 Å². The number of unbranched alkanes of at least 4 members (excludes halogenated alkanes) is 20. The maximum atomic E-state index is 5.23. The minimum absolute atomic E-state index is 0.0134. The van der Waals surface area contributed by atoms with Crippen LogP contribution in [0.3, 0.4) is 0 Å². The second kappa shape index (κ2) is 30.1. The van der Waals surface area contributed by atoms with Gasteiger partial charge >= 0.3 is 0 Å². The number of aromatic nitrogens is 2. The minimum atomic E-state index is -0.0962. The molecule has 0 spiro atoms. The summed E-state index contributed by atoms with van der Waals surface area (Å²) in [7, 11) is 0. The van der Waals surface area contributed by atoms with Gasteiger partial charge in [-0.25, -0.2) is 0 Å². The Morgan fingerprint density at radius 1 is 0.299 bits per heavy atom. The predicted molar refractivity (Wildman–Crippen MR) is 378 cm³/mol. The van der Waals surface area contributed by atoms with Crippen molar-refractivity contribution in [1.82, 2.24) is 8.75 Å². The molecule has 0 amide bonds. The highest BCUT2D eigenvalue weighted by molar-refractivity contribution is 7.00. The van der Waals surface area contributed by atoms with Crippen LogP contribution in [-0.4, -0.2) is 8.75 Å². The average Bonchev–Trinajstić information content (AvgIpc) is 1.62. The quantitative estimate of drug-likeness (QED) is 0.0377. The van der Waals surface area contributed by atoms with E-state index in [9.17, 15) is 0 Å². The van der Waals surface area contributed by atoms with Crippen LogP contribution >= 0.6 is 11.7 Å². The number of hydrogen-bond donors (Lipinski definition) is 0. The number of anilines is 3. The van der Waals surface area contributed by atoms with E-state index >= 15 is 0 Å². The molecule has 0 unspecified atom stereocenters. The smallest absolute Gasteiger partial charge is 0.113 e. The molecule has 2 aliphatic rings. The summed E-state index contributed by atoms with van der Waals surface area (Å²) in [6, 6.07) is 65.5. The zero-order valence-electron chi connectivity index (χ0n) is 53.7. The highest BCUT2D eigenvalue weighted by atomic mass is 32.1. The standard InChI is InChI=1S/C83H99N3S/c1-6-10-14-18-22-32-54-82(55-33-23-19-15-11-7-2)76-58-62(5)40-48-72(76)74-50-44-65(60-78(74)82)70-52-53-71(81-80(70)84-87-85-81)66-45-51-75-73-49-43-64(63-41-46-69(47-42-63)86(67-36-28-26-29-37-67)68-38-30-27-31-39-68)59-77(73)83(79(75)61-66,56-34-24-20-16-12-8-3)57-35-25-21-17-13-9-4/h26-31,36-53,58-61H,6-25,32-35,54-57H2,1-5H3. The Morgan fingerprint density at radius 3 is 1.01 bits per heavy atom. The van der Waals surface area contributed by atoms with E-state index in [1.165, 1.54) is 251 Å². The molecule has 9 aromatic rings. The van der Waals surface area contributed by atoms with Crippen LogP contribution in [0, 0.1) is 6.92 Å². The Morgan fingerprint density at radius 2 is 0.609 bits per heavy atom. The van der Waals surface area contributed by atoms with Crippen LogP contribution < -0.4 is 4.90 Å². The fourth-order valence-electron chi connectivity index (χ4n) is 15.5. The lowest BCUT2D eigenvalue weighted by Crippen LogP contribution is -2.25. The van der Waals surface area contributed by atoms with Crippen molar-refractivity contribution in [1.29, 1.82) is 0 Å². The molecule has 0 bridgehead atoms. The van der Waals surface area contributed by atoms with Gasteiger partial charge in [-0.3, -0.25) is 0 Å². The molecule has 1 heterocycles. The number of aryl methyl sites for hydroxylation is 1. The first-order chi connectivity index (χ1) is 42.9. The Kier molecular flexibility index (Phi) is 21.4. The lowest BCUT2D eigenvalue weighted by molar-refractivity contribution is 0.398. The van der Waals surface area contributed by atoms with E-state index in [-0.39, 0.29) is 10.8 Å². The molecule has 4 heteroatoms. The lowest BCUT2D eigenvalue weighted by atomic mass is 9.70. The summed E-state index contributed by atoms with van der Waals surface area (Å²) in [6.07, 6.45) is 36.1. The van der Waals surface area contributed by atoms with E-state index in [1.54, 1.807) is 11.1 Å². The molecule has 1 aromatic heterocycles. The molecule has 0 N–H and O–H groups in total. The van der Waals surface area contributed by atoms with Crippen molar-refractivity contribution in [3.05, 3.63) is 198 Å². The van der Waals surface area contributed by atoms with E-state index in [0.29, 0.717) is 0 Å².